The molecule has 1 heterocycles. The molecule has 0 saturated heterocycles. The van der Waals surface area contributed by atoms with Gasteiger partial charge in [-0.05, 0) is 19.9 Å². The van der Waals surface area contributed by atoms with E-state index in [0.29, 0.717) is 11.3 Å². The molecule has 0 spiro atoms. The van der Waals surface area contributed by atoms with E-state index in [2.05, 4.69) is 0 Å². The lowest BCUT2D eigenvalue weighted by atomic mass is 10.2. The molecule has 5 nitrogen and oxygen atoms in total. The molecule has 1 rings (SSSR count). The van der Waals surface area contributed by atoms with Gasteiger partial charge in [-0.25, -0.2) is 4.79 Å². The maximum atomic E-state index is 11.2. The minimum atomic E-state index is -1.09. The summed E-state index contributed by atoms with van der Waals surface area (Å²) in [6, 6.07) is 1.12. The average Bonchev–Trinajstić information content (AvgIpc) is 2.60. The molecule has 1 N–H and O–H groups in total. The third-order valence-electron chi connectivity index (χ3n) is 2.42. The van der Waals surface area contributed by atoms with Crippen LogP contribution in [0.4, 0.5) is 0 Å². The second-order valence-corrected chi connectivity index (χ2v) is 5.45. The molecule has 1 aromatic rings. The molecule has 6 heteroatoms. The second-order valence-electron chi connectivity index (χ2n) is 3.97. The third-order valence-corrected chi connectivity index (χ3v) is 3.38. The van der Waals surface area contributed by atoms with Gasteiger partial charge in [-0.2, -0.15) is 0 Å². The molecule has 0 aliphatic heterocycles. The van der Waals surface area contributed by atoms with Gasteiger partial charge >= 0.3 is 5.97 Å². The molecule has 94 valence electrons. The van der Waals surface area contributed by atoms with E-state index in [-0.39, 0.29) is 17.5 Å². The van der Waals surface area contributed by atoms with Crippen LogP contribution in [0, 0.1) is 0 Å². The molecular formula is C11H15NO4S. The Labute approximate surface area is 102 Å². The number of hydrogen-bond acceptors (Lipinski definition) is 3. The summed E-state index contributed by atoms with van der Waals surface area (Å²) in [6.45, 7) is 3.16. The summed E-state index contributed by atoms with van der Waals surface area (Å²) in [6.07, 6.45) is 3.07. The highest BCUT2D eigenvalue weighted by atomic mass is 32.2. The number of aromatic carboxylic acids is 1. The largest absolute Gasteiger partial charge is 0.477 e. The normalized spacial score (nSPS) is 14.3. The van der Waals surface area contributed by atoms with E-state index in [9.17, 15) is 13.8 Å². The zero-order valence-corrected chi connectivity index (χ0v) is 10.8. The standard InChI is InChI=1S/C11H15NO4S/c1-7(6-17(3)16)12-5-9(8(2)13)4-10(12)11(14)15/h4-5,7H,6H2,1-3H3,(H,14,15). The van der Waals surface area contributed by atoms with Crippen molar-refractivity contribution in [2.45, 2.75) is 19.9 Å². The Balaban J connectivity index is 3.16. The van der Waals surface area contributed by atoms with E-state index in [0.717, 1.165) is 0 Å². The molecule has 2 atom stereocenters. The molecule has 0 amide bonds. The van der Waals surface area contributed by atoms with Crippen LogP contribution in [0.15, 0.2) is 12.3 Å². The molecule has 0 fully saturated rings. The maximum Gasteiger partial charge on any atom is 0.352 e. The van der Waals surface area contributed by atoms with Crippen molar-refractivity contribution in [3.63, 3.8) is 0 Å². The highest BCUT2D eigenvalue weighted by Crippen LogP contribution is 2.16. The van der Waals surface area contributed by atoms with Crippen molar-refractivity contribution in [1.82, 2.24) is 4.57 Å². The van der Waals surface area contributed by atoms with Crippen LogP contribution in [-0.2, 0) is 10.8 Å². The number of carboxylic acids is 1. The van der Waals surface area contributed by atoms with Crippen LogP contribution >= 0.6 is 0 Å². The van der Waals surface area contributed by atoms with Crippen LogP contribution in [0.25, 0.3) is 0 Å². The summed E-state index contributed by atoms with van der Waals surface area (Å²) in [7, 11) is -1.02. The highest BCUT2D eigenvalue weighted by molar-refractivity contribution is 7.84. The van der Waals surface area contributed by atoms with E-state index in [1.165, 1.54) is 23.8 Å². The van der Waals surface area contributed by atoms with Crippen molar-refractivity contribution >= 4 is 22.6 Å². The Morgan fingerprint density at radius 1 is 1.53 bits per heavy atom. The summed E-state index contributed by atoms with van der Waals surface area (Å²) >= 11 is 0. The lowest BCUT2D eigenvalue weighted by molar-refractivity contribution is 0.0683. The van der Waals surface area contributed by atoms with Crippen molar-refractivity contribution < 1.29 is 18.9 Å². The van der Waals surface area contributed by atoms with Gasteiger partial charge in [0.15, 0.2) is 5.78 Å². The van der Waals surface area contributed by atoms with Crippen LogP contribution in [-0.4, -0.2) is 37.6 Å². The Morgan fingerprint density at radius 2 is 2.12 bits per heavy atom. The second kappa shape index (κ2) is 5.27. The van der Waals surface area contributed by atoms with Gasteiger partial charge in [0.25, 0.3) is 0 Å². The van der Waals surface area contributed by atoms with Crippen LogP contribution in [0.2, 0.25) is 0 Å². The Hall–Kier alpha value is -1.43. The number of carboxylic acid groups (broad SMARTS) is 1. The molecule has 17 heavy (non-hydrogen) atoms. The molecule has 1 aromatic heterocycles. The average molecular weight is 257 g/mol. The zero-order valence-electron chi connectivity index (χ0n) is 9.97. The zero-order chi connectivity index (χ0) is 13.2. The van der Waals surface area contributed by atoms with Gasteiger partial charge in [0.05, 0.1) is 0 Å². The monoisotopic (exact) mass is 257 g/mol. The number of ketones is 1. The molecular weight excluding hydrogens is 242 g/mol. The maximum absolute atomic E-state index is 11.2. The number of hydrogen-bond donors (Lipinski definition) is 1. The van der Waals surface area contributed by atoms with Crippen molar-refractivity contribution in [2.75, 3.05) is 12.0 Å². The number of carbonyl (C=O) groups excluding carboxylic acids is 1. The molecule has 0 bridgehead atoms. The van der Waals surface area contributed by atoms with Gasteiger partial charge < -0.3 is 9.67 Å². The molecule has 0 aliphatic rings. The van der Waals surface area contributed by atoms with Gasteiger partial charge in [-0.3, -0.25) is 9.00 Å². The van der Waals surface area contributed by atoms with Crippen LogP contribution < -0.4 is 0 Å². The van der Waals surface area contributed by atoms with Crippen LogP contribution in [0.1, 0.15) is 40.7 Å². The van der Waals surface area contributed by atoms with Crippen LogP contribution in [0.3, 0.4) is 0 Å². The number of nitrogens with zero attached hydrogens (tertiary/aromatic N) is 1. The first kappa shape index (κ1) is 13.6. The smallest absolute Gasteiger partial charge is 0.352 e. The first-order chi connectivity index (χ1) is 7.82. The van der Waals surface area contributed by atoms with Crippen molar-refractivity contribution in [2.24, 2.45) is 0 Å². The summed E-state index contributed by atoms with van der Waals surface area (Å²) in [5, 5.41) is 9.04. The number of Topliss-reactive ketones (excluding diaryl/α,β-unsaturated/α-hetero) is 1. The van der Waals surface area contributed by atoms with E-state index in [1.54, 1.807) is 13.2 Å². The quantitative estimate of drug-likeness (QED) is 0.807. The van der Waals surface area contributed by atoms with E-state index in [1.807, 2.05) is 0 Å². The van der Waals surface area contributed by atoms with Crippen LogP contribution in [0.5, 0.6) is 0 Å². The van der Waals surface area contributed by atoms with Crippen molar-refractivity contribution in [1.29, 1.82) is 0 Å². The number of rotatable bonds is 5. The first-order valence-corrected chi connectivity index (χ1v) is 6.81. The fraction of sp³-hybridized carbons (Fsp3) is 0.455. The highest BCUT2D eigenvalue weighted by Gasteiger charge is 2.18. The molecule has 2 unspecified atom stereocenters. The van der Waals surface area contributed by atoms with E-state index < -0.39 is 16.8 Å². The molecule has 0 aromatic carbocycles. The summed E-state index contributed by atoms with van der Waals surface area (Å²) in [5.74, 6) is -0.922. The minimum absolute atomic E-state index is 0.0492. The number of aromatic nitrogens is 1. The lowest BCUT2D eigenvalue weighted by Gasteiger charge is -2.14. The molecule has 0 radical (unpaired) electrons. The van der Waals surface area contributed by atoms with Gasteiger partial charge in [0.1, 0.15) is 5.69 Å². The van der Waals surface area contributed by atoms with Crippen molar-refractivity contribution in [3.05, 3.63) is 23.5 Å². The summed E-state index contributed by atoms with van der Waals surface area (Å²) in [4.78, 5) is 22.3. The molecule has 0 saturated carbocycles. The fourth-order valence-corrected chi connectivity index (χ4v) is 2.47. The topological polar surface area (TPSA) is 76.4 Å². The van der Waals surface area contributed by atoms with Gasteiger partial charge in [-0.15, -0.1) is 0 Å². The third kappa shape index (κ3) is 3.26. The SMILES string of the molecule is CC(=O)c1cc(C(=O)O)n(C(C)CS(C)=O)c1. The van der Waals surface area contributed by atoms with Gasteiger partial charge in [0.2, 0.25) is 0 Å². The predicted molar refractivity (Wildman–Crippen MR) is 65.0 cm³/mol. The lowest BCUT2D eigenvalue weighted by Crippen LogP contribution is -2.16. The summed E-state index contributed by atoms with van der Waals surface area (Å²) in [5.41, 5.74) is 0.407. The Kier molecular flexibility index (Phi) is 4.22. The van der Waals surface area contributed by atoms with E-state index >= 15 is 0 Å². The van der Waals surface area contributed by atoms with Crippen molar-refractivity contribution in [3.8, 4) is 0 Å². The van der Waals surface area contributed by atoms with Gasteiger partial charge in [-0.1, -0.05) is 0 Å². The fourth-order valence-electron chi connectivity index (χ4n) is 1.63. The Bertz CT molecular complexity index is 478. The molecule has 0 aliphatic carbocycles. The van der Waals surface area contributed by atoms with Gasteiger partial charge in [0, 0.05) is 40.6 Å². The van der Waals surface area contributed by atoms with E-state index in [4.69, 9.17) is 5.11 Å². The minimum Gasteiger partial charge on any atom is -0.477 e. The predicted octanol–water partition coefficient (Wildman–Crippen LogP) is 1.33. The first-order valence-electron chi connectivity index (χ1n) is 5.09. The number of carbonyl (C=O) groups is 2. The summed E-state index contributed by atoms with van der Waals surface area (Å²) < 4.78 is 12.6. The Morgan fingerprint density at radius 3 is 2.53 bits per heavy atom.